The minimum atomic E-state index is -0.128. The van der Waals surface area contributed by atoms with Crippen molar-refractivity contribution in [3.8, 4) is 0 Å². The molecule has 3 saturated carbocycles. The van der Waals surface area contributed by atoms with Crippen molar-refractivity contribution in [2.45, 2.75) is 71.8 Å². The number of carbonyl (C=O) groups is 2. The second-order valence-corrected chi connectivity index (χ2v) is 9.08. The Morgan fingerprint density at radius 2 is 2.04 bits per heavy atom. The molecular weight excluding hydrogens is 300 g/mol. The number of ketones is 1. The molecule has 4 aliphatic carbocycles. The quantitative estimate of drug-likeness (QED) is 0.673. The molecule has 3 nitrogen and oxygen atoms in total. The molecular formula is C21H30O3. The van der Waals surface area contributed by atoms with Crippen molar-refractivity contribution in [2.24, 2.45) is 35.0 Å². The zero-order valence-electron chi connectivity index (χ0n) is 15.2. The predicted molar refractivity (Wildman–Crippen MR) is 92.2 cm³/mol. The molecule has 132 valence electrons. The first-order valence-electron chi connectivity index (χ1n) is 9.80. The van der Waals surface area contributed by atoms with Crippen LogP contribution >= 0.6 is 0 Å². The number of hydrogen-bond acceptors (Lipinski definition) is 3. The summed E-state index contributed by atoms with van der Waals surface area (Å²) in [4.78, 5) is 23.4. The van der Waals surface area contributed by atoms with Gasteiger partial charge in [0.1, 0.15) is 6.10 Å². The van der Waals surface area contributed by atoms with E-state index in [1.807, 2.05) is 6.08 Å². The Kier molecular flexibility index (Phi) is 3.89. The van der Waals surface area contributed by atoms with Gasteiger partial charge in [-0.3, -0.25) is 9.59 Å². The zero-order valence-corrected chi connectivity index (χ0v) is 15.2. The molecule has 7 atom stereocenters. The molecule has 0 aromatic rings. The highest BCUT2D eigenvalue weighted by Gasteiger charge is 2.58. The first-order chi connectivity index (χ1) is 11.4. The molecule has 0 aliphatic heterocycles. The number of esters is 1. The average Bonchev–Trinajstić information content (AvgIpc) is 2.83. The molecule has 24 heavy (non-hydrogen) atoms. The Labute approximate surface area is 145 Å². The van der Waals surface area contributed by atoms with Crippen LogP contribution in [0.4, 0.5) is 0 Å². The highest BCUT2D eigenvalue weighted by molar-refractivity contribution is 5.91. The summed E-state index contributed by atoms with van der Waals surface area (Å²) in [5, 5.41) is 0. The van der Waals surface area contributed by atoms with Gasteiger partial charge in [-0.1, -0.05) is 19.4 Å². The van der Waals surface area contributed by atoms with E-state index in [0.717, 1.165) is 37.5 Å². The molecule has 0 radical (unpaired) electrons. The smallest absolute Gasteiger partial charge is 0.302 e. The van der Waals surface area contributed by atoms with Gasteiger partial charge < -0.3 is 4.74 Å². The molecule has 0 bridgehead atoms. The second kappa shape index (κ2) is 5.71. The van der Waals surface area contributed by atoms with Crippen molar-refractivity contribution < 1.29 is 14.3 Å². The molecule has 0 N–H and O–H groups in total. The lowest BCUT2D eigenvalue weighted by molar-refractivity contribution is -0.157. The van der Waals surface area contributed by atoms with Crippen molar-refractivity contribution in [1.29, 1.82) is 0 Å². The third-order valence-corrected chi connectivity index (χ3v) is 7.86. The summed E-state index contributed by atoms with van der Waals surface area (Å²) >= 11 is 0. The SMILES string of the molecule is CC(=O)O[C@H]1CC[C@H]2[C@@H]3[C@H](C)CC4=CC(=O)CCC4[C@H]3CC[C@]12C. The molecule has 0 aromatic carbocycles. The zero-order chi connectivity index (χ0) is 17.1. The lowest BCUT2D eigenvalue weighted by Gasteiger charge is -2.55. The van der Waals surface area contributed by atoms with Crippen molar-refractivity contribution in [3.05, 3.63) is 11.6 Å². The van der Waals surface area contributed by atoms with E-state index in [9.17, 15) is 9.59 Å². The molecule has 4 rings (SSSR count). The number of fused-ring (bicyclic) bond motifs is 5. The number of ether oxygens (including phenoxy) is 1. The van der Waals surface area contributed by atoms with Crippen LogP contribution in [0.5, 0.6) is 0 Å². The Morgan fingerprint density at radius 3 is 2.79 bits per heavy atom. The van der Waals surface area contributed by atoms with Crippen molar-refractivity contribution in [1.82, 2.24) is 0 Å². The molecule has 3 heteroatoms. The van der Waals surface area contributed by atoms with E-state index >= 15 is 0 Å². The Hall–Kier alpha value is -1.12. The summed E-state index contributed by atoms with van der Waals surface area (Å²) in [6, 6.07) is 0. The summed E-state index contributed by atoms with van der Waals surface area (Å²) in [5.74, 6) is 3.64. The van der Waals surface area contributed by atoms with Crippen LogP contribution in [-0.4, -0.2) is 17.9 Å². The summed E-state index contributed by atoms with van der Waals surface area (Å²) in [6.45, 7) is 6.30. The van der Waals surface area contributed by atoms with E-state index in [-0.39, 0.29) is 17.5 Å². The number of hydrogen-bond donors (Lipinski definition) is 0. The number of carbonyl (C=O) groups excluding carboxylic acids is 2. The topological polar surface area (TPSA) is 43.4 Å². The van der Waals surface area contributed by atoms with Crippen LogP contribution in [0.25, 0.3) is 0 Å². The predicted octanol–water partition coefficient (Wildman–Crippen LogP) is 4.31. The summed E-state index contributed by atoms with van der Waals surface area (Å²) < 4.78 is 5.72. The summed E-state index contributed by atoms with van der Waals surface area (Å²) in [6.07, 6.45) is 9.62. The first kappa shape index (κ1) is 16.4. The van der Waals surface area contributed by atoms with Gasteiger partial charge in [-0.15, -0.1) is 0 Å². The van der Waals surface area contributed by atoms with Crippen molar-refractivity contribution in [2.75, 3.05) is 0 Å². The fourth-order valence-electron chi connectivity index (χ4n) is 6.93. The van der Waals surface area contributed by atoms with E-state index in [1.54, 1.807) is 6.92 Å². The summed E-state index contributed by atoms with van der Waals surface area (Å²) in [7, 11) is 0. The average molecular weight is 330 g/mol. The summed E-state index contributed by atoms with van der Waals surface area (Å²) in [5.41, 5.74) is 1.60. The highest BCUT2D eigenvalue weighted by Crippen LogP contribution is 2.63. The first-order valence-corrected chi connectivity index (χ1v) is 9.80. The third kappa shape index (κ3) is 2.38. The fraction of sp³-hybridized carbons (Fsp3) is 0.810. The van der Waals surface area contributed by atoms with E-state index in [4.69, 9.17) is 4.74 Å². The Morgan fingerprint density at radius 1 is 1.25 bits per heavy atom. The van der Waals surface area contributed by atoms with Crippen LogP contribution in [0.1, 0.15) is 65.7 Å². The molecule has 3 fully saturated rings. The third-order valence-electron chi connectivity index (χ3n) is 7.86. The van der Waals surface area contributed by atoms with Gasteiger partial charge in [0.15, 0.2) is 5.78 Å². The highest BCUT2D eigenvalue weighted by atomic mass is 16.5. The molecule has 0 spiro atoms. The van der Waals surface area contributed by atoms with E-state index in [0.29, 0.717) is 23.5 Å². The Bertz CT molecular complexity index is 592. The molecule has 0 heterocycles. The minimum Gasteiger partial charge on any atom is -0.462 e. The lowest BCUT2D eigenvalue weighted by Crippen LogP contribution is -2.50. The molecule has 1 unspecified atom stereocenters. The van der Waals surface area contributed by atoms with Crippen LogP contribution in [-0.2, 0) is 14.3 Å². The maximum Gasteiger partial charge on any atom is 0.302 e. The maximum absolute atomic E-state index is 11.8. The Balaban J connectivity index is 1.62. The molecule has 0 aromatic heterocycles. The van der Waals surface area contributed by atoms with Gasteiger partial charge in [-0.2, -0.15) is 0 Å². The standard InChI is InChI=1S/C21H30O3/c1-12-10-14-11-15(23)4-5-16(14)17-8-9-21(3)18(20(12)17)6-7-19(21)24-13(2)22/h11-12,16-20H,4-10H2,1-3H3/t12-,16?,17-,18+,19+,20-,21+/m1/s1. The number of allylic oxidation sites excluding steroid dienone is 1. The second-order valence-electron chi connectivity index (χ2n) is 9.08. The van der Waals surface area contributed by atoms with E-state index in [1.165, 1.54) is 24.8 Å². The molecule has 0 amide bonds. The van der Waals surface area contributed by atoms with Gasteiger partial charge in [-0.05, 0) is 74.2 Å². The molecule has 0 saturated heterocycles. The normalized spacial score (nSPS) is 47.3. The van der Waals surface area contributed by atoms with Gasteiger partial charge in [-0.25, -0.2) is 0 Å². The monoisotopic (exact) mass is 330 g/mol. The lowest BCUT2D eigenvalue weighted by atomic mass is 9.49. The van der Waals surface area contributed by atoms with Crippen LogP contribution in [0.15, 0.2) is 11.6 Å². The van der Waals surface area contributed by atoms with Crippen LogP contribution in [0.2, 0.25) is 0 Å². The van der Waals surface area contributed by atoms with Crippen LogP contribution in [0, 0.1) is 35.0 Å². The van der Waals surface area contributed by atoms with Crippen molar-refractivity contribution in [3.63, 3.8) is 0 Å². The van der Waals surface area contributed by atoms with Gasteiger partial charge >= 0.3 is 5.97 Å². The van der Waals surface area contributed by atoms with Gasteiger partial charge in [0.05, 0.1) is 0 Å². The van der Waals surface area contributed by atoms with Gasteiger partial charge in [0.2, 0.25) is 0 Å². The van der Waals surface area contributed by atoms with Gasteiger partial charge in [0.25, 0.3) is 0 Å². The van der Waals surface area contributed by atoms with Gasteiger partial charge in [0, 0.05) is 18.8 Å². The van der Waals surface area contributed by atoms with Crippen molar-refractivity contribution >= 4 is 11.8 Å². The maximum atomic E-state index is 11.8. The minimum absolute atomic E-state index is 0.109. The van der Waals surface area contributed by atoms with E-state index in [2.05, 4.69) is 13.8 Å². The fourth-order valence-corrected chi connectivity index (χ4v) is 6.93. The molecule has 4 aliphatic rings. The van der Waals surface area contributed by atoms with Crippen LogP contribution < -0.4 is 0 Å². The van der Waals surface area contributed by atoms with E-state index < -0.39 is 0 Å². The van der Waals surface area contributed by atoms with Crippen LogP contribution in [0.3, 0.4) is 0 Å². The largest absolute Gasteiger partial charge is 0.462 e. The number of rotatable bonds is 1.